The van der Waals surface area contributed by atoms with Gasteiger partial charge >= 0.3 is 12.0 Å². The fourth-order valence-corrected chi connectivity index (χ4v) is 4.08. The van der Waals surface area contributed by atoms with Crippen molar-refractivity contribution >= 4 is 12.0 Å². The van der Waals surface area contributed by atoms with Crippen molar-refractivity contribution in [3.05, 3.63) is 41.1 Å². The average molecular weight is 431 g/mol. The number of hydrogen-bond donors (Lipinski definition) is 2. The lowest BCUT2D eigenvalue weighted by Crippen LogP contribution is -2.53. The maximum absolute atomic E-state index is 12.9. The minimum atomic E-state index is -0.574. The second kappa shape index (κ2) is 10.6. The van der Waals surface area contributed by atoms with Gasteiger partial charge in [-0.1, -0.05) is 19.1 Å². The highest BCUT2D eigenvalue weighted by atomic mass is 16.5. The van der Waals surface area contributed by atoms with E-state index in [0.29, 0.717) is 29.6 Å². The third kappa shape index (κ3) is 5.57. The van der Waals surface area contributed by atoms with Crippen LogP contribution in [0.1, 0.15) is 38.8 Å². The van der Waals surface area contributed by atoms with Gasteiger partial charge in [-0.25, -0.2) is 9.59 Å². The highest BCUT2D eigenvalue weighted by Gasteiger charge is 2.34. The predicted molar refractivity (Wildman–Crippen MR) is 119 cm³/mol. The van der Waals surface area contributed by atoms with E-state index in [1.807, 2.05) is 24.3 Å². The molecule has 0 radical (unpaired) electrons. The van der Waals surface area contributed by atoms with Crippen LogP contribution in [0.25, 0.3) is 0 Å². The zero-order valence-electron chi connectivity index (χ0n) is 18.9. The summed E-state index contributed by atoms with van der Waals surface area (Å²) in [6.45, 7) is 10.7. The molecule has 170 valence electrons. The molecule has 2 aliphatic rings. The van der Waals surface area contributed by atoms with E-state index in [1.54, 1.807) is 14.0 Å². The van der Waals surface area contributed by atoms with Crippen molar-refractivity contribution in [1.29, 1.82) is 0 Å². The number of nitrogens with one attached hydrogen (secondary N) is 2. The van der Waals surface area contributed by atoms with Crippen molar-refractivity contribution in [1.82, 2.24) is 20.4 Å². The highest BCUT2D eigenvalue weighted by molar-refractivity contribution is 5.95. The van der Waals surface area contributed by atoms with Crippen LogP contribution in [0.4, 0.5) is 4.79 Å². The fourth-order valence-electron chi connectivity index (χ4n) is 4.08. The molecular formula is C23H34N4O4. The zero-order valence-corrected chi connectivity index (χ0v) is 18.9. The van der Waals surface area contributed by atoms with Gasteiger partial charge in [0.15, 0.2) is 0 Å². The molecule has 1 saturated heterocycles. The molecule has 2 amide bonds. The van der Waals surface area contributed by atoms with Gasteiger partial charge in [-0.05, 0) is 38.0 Å². The Bertz CT molecular complexity index is 800. The summed E-state index contributed by atoms with van der Waals surface area (Å²) in [4.78, 5) is 30.2. The third-order valence-electron chi connectivity index (χ3n) is 6.10. The van der Waals surface area contributed by atoms with E-state index >= 15 is 0 Å². The number of hydrogen-bond acceptors (Lipinski definition) is 6. The molecule has 0 spiro atoms. The maximum Gasteiger partial charge on any atom is 0.338 e. The summed E-state index contributed by atoms with van der Waals surface area (Å²) in [7, 11) is 1.60. The van der Waals surface area contributed by atoms with Crippen LogP contribution in [-0.4, -0.2) is 74.3 Å². The Morgan fingerprint density at radius 3 is 2.42 bits per heavy atom. The molecular weight excluding hydrogens is 396 g/mol. The van der Waals surface area contributed by atoms with Crippen molar-refractivity contribution < 1.29 is 19.1 Å². The first-order valence-corrected chi connectivity index (χ1v) is 11.0. The Balaban J connectivity index is 1.85. The Morgan fingerprint density at radius 2 is 1.84 bits per heavy atom. The Labute approximate surface area is 184 Å². The van der Waals surface area contributed by atoms with Crippen LogP contribution in [-0.2, 0) is 9.53 Å². The number of ether oxygens (including phenoxy) is 2. The molecule has 2 heterocycles. The number of benzene rings is 1. The zero-order chi connectivity index (χ0) is 22.4. The van der Waals surface area contributed by atoms with Crippen LogP contribution in [0.3, 0.4) is 0 Å². The van der Waals surface area contributed by atoms with Gasteiger partial charge in [-0.3, -0.25) is 9.80 Å². The standard InChI is InChI=1S/C23H34N4O4/c1-5-16(3)27-13-11-26(12-14-27)15-19-20(22(28)31-6-2)21(25-23(29)24-19)17-7-9-18(30-4)10-8-17/h7-10,16,21H,5-6,11-15H2,1-4H3,(H2,24,25,29)/t16-,21-/m0/s1. The minimum Gasteiger partial charge on any atom is -0.497 e. The van der Waals surface area contributed by atoms with E-state index in [2.05, 4.69) is 34.3 Å². The van der Waals surface area contributed by atoms with Gasteiger partial charge in [0, 0.05) is 44.5 Å². The number of carbonyl (C=O) groups excluding carboxylic acids is 2. The molecule has 3 rings (SSSR count). The number of piperazine rings is 1. The smallest absolute Gasteiger partial charge is 0.338 e. The van der Waals surface area contributed by atoms with Gasteiger partial charge in [-0.15, -0.1) is 0 Å². The van der Waals surface area contributed by atoms with Gasteiger partial charge in [-0.2, -0.15) is 0 Å². The first-order valence-electron chi connectivity index (χ1n) is 11.0. The van der Waals surface area contributed by atoms with Crippen LogP contribution >= 0.6 is 0 Å². The van der Waals surface area contributed by atoms with Gasteiger partial charge in [0.05, 0.1) is 25.3 Å². The fraction of sp³-hybridized carbons (Fsp3) is 0.565. The number of esters is 1. The van der Waals surface area contributed by atoms with Crippen molar-refractivity contribution in [2.24, 2.45) is 0 Å². The summed E-state index contributed by atoms with van der Waals surface area (Å²) in [5.74, 6) is 0.300. The number of methoxy groups -OCH3 is 1. The normalized spacial score (nSPS) is 21.3. The third-order valence-corrected chi connectivity index (χ3v) is 6.10. The van der Waals surface area contributed by atoms with Crippen LogP contribution in [0.5, 0.6) is 5.75 Å². The maximum atomic E-state index is 12.9. The van der Waals surface area contributed by atoms with Crippen LogP contribution in [0, 0.1) is 0 Å². The van der Waals surface area contributed by atoms with E-state index in [0.717, 1.165) is 38.2 Å². The van der Waals surface area contributed by atoms with Crippen molar-refractivity contribution in [3.8, 4) is 5.75 Å². The Hall–Kier alpha value is -2.58. The van der Waals surface area contributed by atoms with E-state index in [1.165, 1.54) is 0 Å². The SMILES string of the molecule is CCOC(=O)C1=C(CN2CCN([C@@H](C)CC)CC2)NC(=O)N[C@H]1c1ccc(OC)cc1. The lowest BCUT2D eigenvalue weighted by atomic mass is 9.94. The summed E-state index contributed by atoms with van der Waals surface area (Å²) in [5, 5.41) is 5.75. The summed E-state index contributed by atoms with van der Waals surface area (Å²) >= 11 is 0. The van der Waals surface area contributed by atoms with E-state index < -0.39 is 12.0 Å². The Morgan fingerprint density at radius 1 is 1.16 bits per heavy atom. The van der Waals surface area contributed by atoms with Crippen LogP contribution < -0.4 is 15.4 Å². The summed E-state index contributed by atoms with van der Waals surface area (Å²) in [6.07, 6.45) is 1.13. The molecule has 8 heteroatoms. The number of urea groups is 1. The lowest BCUT2D eigenvalue weighted by Gasteiger charge is -2.39. The largest absolute Gasteiger partial charge is 0.497 e. The van der Waals surface area contributed by atoms with Crippen LogP contribution in [0.2, 0.25) is 0 Å². The van der Waals surface area contributed by atoms with E-state index in [4.69, 9.17) is 9.47 Å². The quantitative estimate of drug-likeness (QED) is 0.616. The second-order valence-corrected chi connectivity index (χ2v) is 7.99. The van der Waals surface area contributed by atoms with Crippen molar-refractivity contribution in [3.63, 3.8) is 0 Å². The molecule has 1 fully saturated rings. The van der Waals surface area contributed by atoms with Gasteiger partial charge in [0.1, 0.15) is 5.75 Å². The molecule has 2 aliphatic heterocycles. The second-order valence-electron chi connectivity index (χ2n) is 7.99. The summed E-state index contributed by atoms with van der Waals surface area (Å²) in [5.41, 5.74) is 1.87. The molecule has 0 unspecified atom stereocenters. The molecule has 0 aromatic heterocycles. The van der Waals surface area contributed by atoms with Gasteiger partial charge < -0.3 is 20.1 Å². The van der Waals surface area contributed by atoms with Crippen molar-refractivity contribution in [2.45, 2.75) is 39.3 Å². The predicted octanol–water partition coefficient (Wildman–Crippen LogP) is 2.28. The minimum absolute atomic E-state index is 0.270. The average Bonchev–Trinajstić information content (AvgIpc) is 2.79. The topological polar surface area (TPSA) is 83.1 Å². The molecule has 8 nitrogen and oxygen atoms in total. The number of amides is 2. The molecule has 0 bridgehead atoms. The van der Waals surface area contributed by atoms with E-state index in [-0.39, 0.29) is 12.6 Å². The number of rotatable bonds is 8. The number of nitrogens with zero attached hydrogens (tertiary/aromatic N) is 2. The van der Waals surface area contributed by atoms with Crippen molar-refractivity contribution in [2.75, 3.05) is 46.4 Å². The monoisotopic (exact) mass is 430 g/mol. The molecule has 2 N–H and O–H groups in total. The lowest BCUT2D eigenvalue weighted by molar-refractivity contribution is -0.139. The molecule has 1 aromatic rings. The molecule has 2 atom stereocenters. The molecule has 0 aliphatic carbocycles. The molecule has 31 heavy (non-hydrogen) atoms. The van der Waals surface area contributed by atoms with E-state index in [9.17, 15) is 9.59 Å². The Kier molecular flexibility index (Phi) is 7.92. The van der Waals surface area contributed by atoms with Gasteiger partial charge in [0.25, 0.3) is 0 Å². The number of carbonyl (C=O) groups is 2. The summed E-state index contributed by atoms with van der Waals surface area (Å²) in [6, 6.07) is 7.03. The molecule has 1 aromatic carbocycles. The van der Waals surface area contributed by atoms with Crippen LogP contribution in [0.15, 0.2) is 35.5 Å². The first-order chi connectivity index (χ1) is 15.0. The highest BCUT2D eigenvalue weighted by Crippen LogP contribution is 2.29. The first kappa shape index (κ1) is 23.1. The molecule has 0 saturated carbocycles. The van der Waals surface area contributed by atoms with Gasteiger partial charge in [0.2, 0.25) is 0 Å². The summed E-state index contributed by atoms with van der Waals surface area (Å²) < 4.78 is 10.6.